The van der Waals surface area contributed by atoms with Crippen LogP contribution in [0, 0.1) is 17.8 Å². The van der Waals surface area contributed by atoms with Gasteiger partial charge < -0.3 is 15.9 Å². The summed E-state index contributed by atoms with van der Waals surface area (Å²) in [6, 6.07) is 0. The fraction of sp³-hybridized carbons (Fsp3) is 0.778. The van der Waals surface area contributed by atoms with Crippen LogP contribution >= 0.6 is 0 Å². The van der Waals surface area contributed by atoms with E-state index in [9.17, 15) is 9.59 Å². The number of nitrogens with two attached hydrogens (primary N) is 1. The molecule has 14 heavy (non-hydrogen) atoms. The van der Waals surface area contributed by atoms with Crippen molar-refractivity contribution < 1.29 is 19.8 Å². The SMILES string of the molecule is NC[C@H]1CC[C@@H](C(=O)O)[C@@H](C(=O)O)C1. The van der Waals surface area contributed by atoms with Gasteiger partial charge >= 0.3 is 11.9 Å². The molecule has 0 radical (unpaired) electrons. The van der Waals surface area contributed by atoms with E-state index >= 15 is 0 Å². The molecule has 0 saturated heterocycles. The average molecular weight is 201 g/mol. The van der Waals surface area contributed by atoms with Crippen LogP contribution in [-0.4, -0.2) is 28.7 Å². The first-order valence-corrected chi connectivity index (χ1v) is 4.72. The first-order valence-electron chi connectivity index (χ1n) is 4.72. The third-order valence-corrected chi connectivity index (χ3v) is 2.93. The van der Waals surface area contributed by atoms with E-state index in [1.807, 2.05) is 0 Å². The molecule has 5 heteroatoms. The largest absolute Gasteiger partial charge is 0.481 e. The molecule has 3 atom stereocenters. The summed E-state index contributed by atoms with van der Waals surface area (Å²) in [5, 5.41) is 17.7. The summed E-state index contributed by atoms with van der Waals surface area (Å²) in [5.41, 5.74) is 5.45. The van der Waals surface area contributed by atoms with Crippen molar-refractivity contribution in [1.29, 1.82) is 0 Å². The Labute approximate surface area is 81.9 Å². The molecule has 1 saturated carbocycles. The number of carbonyl (C=O) groups is 2. The van der Waals surface area contributed by atoms with Gasteiger partial charge in [-0.25, -0.2) is 0 Å². The van der Waals surface area contributed by atoms with Gasteiger partial charge in [0.2, 0.25) is 0 Å². The molecule has 0 bridgehead atoms. The molecule has 1 fully saturated rings. The van der Waals surface area contributed by atoms with Crippen LogP contribution in [0.5, 0.6) is 0 Å². The van der Waals surface area contributed by atoms with E-state index in [0.717, 1.165) is 6.42 Å². The van der Waals surface area contributed by atoms with Crippen molar-refractivity contribution in [2.75, 3.05) is 6.54 Å². The highest BCUT2D eigenvalue weighted by molar-refractivity contribution is 5.80. The third-order valence-electron chi connectivity index (χ3n) is 2.93. The molecule has 0 heterocycles. The topological polar surface area (TPSA) is 101 Å². The summed E-state index contributed by atoms with van der Waals surface area (Å²) in [4.78, 5) is 21.6. The summed E-state index contributed by atoms with van der Waals surface area (Å²) in [7, 11) is 0. The molecule has 0 aliphatic heterocycles. The Morgan fingerprint density at radius 1 is 1.14 bits per heavy atom. The summed E-state index contributed by atoms with van der Waals surface area (Å²) in [5.74, 6) is -3.37. The fourth-order valence-electron chi connectivity index (χ4n) is 2.04. The van der Waals surface area contributed by atoms with Gasteiger partial charge in [0.25, 0.3) is 0 Å². The molecule has 0 aromatic rings. The molecule has 4 N–H and O–H groups in total. The Morgan fingerprint density at radius 3 is 2.14 bits per heavy atom. The lowest BCUT2D eigenvalue weighted by molar-refractivity contribution is -0.156. The zero-order chi connectivity index (χ0) is 10.7. The van der Waals surface area contributed by atoms with Gasteiger partial charge in [0.15, 0.2) is 0 Å². The lowest BCUT2D eigenvalue weighted by atomic mass is 9.74. The number of aliphatic carboxylic acids is 2. The lowest BCUT2D eigenvalue weighted by Crippen LogP contribution is -2.37. The molecular formula is C9H15NO4. The van der Waals surface area contributed by atoms with Gasteiger partial charge in [0.1, 0.15) is 0 Å². The minimum absolute atomic E-state index is 0.159. The molecular weight excluding hydrogens is 186 g/mol. The molecule has 0 aromatic carbocycles. The van der Waals surface area contributed by atoms with Gasteiger partial charge in [-0.3, -0.25) is 9.59 Å². The van der Waals surface area contributed by atoms with E-state index in [1.54, 1.807) is 0 Å². The highest BCUT2D eigenvalue weighted by Crippen LogP contribution is 2.33. The van der Waals surface area contributed by atoms with Crippen molar-refractivity contribution in [3.63, 3.8) is 0 Å². The van der Waals surface area contributed by atoms with Crippen LogP contribution in [-0.2, 0) is 9.59 Å². The van der Waals surface area contributed by atoms with Crippen molar-refractivity contribution in [2.24, 2.45) is 23.5 Å². The standard InChI is InChI=1S/C9H15NO4/c10-4-5-1-2-6(8(11)12)7(3-5)9(13)14/h5-7H,1-4,10H2,(H,11,12)(H,13,14)/t5-,6+,7-/m0/s1. The van der Waals surface area contributed by atoms with E-state index in [-0.39, 0.29) is 5.92 Å². The van der Waals surface area contributed by atoms with E-state index < -0.39 is 23.8 Å². The van der Waals surface area contributed by atoms with E-state index in [2.05, 4.69) is 0 Å². The van der Waals surface area contributed by atoms with Crippen LogP contribution in [0.4, 0.5) is 0 Å². The number of carboxylic acids is 2. The maximum Gasteiger partial charge on any atom is 0.307 e. The molecule has 1 aliphatic rings. The van der Waals surface area contributed by atoms with Crippen molar-refractivity contribution in [1.82, 2.24) is 0 Å². The van der Waals surface area contributed by atoms with Gasteiger partial charge in [-0.05, 0) is 31.7 Å². The molecule has 0 amide bonds. The highest BCUT2D eigenvalue weighted by Gasteiger charge is 2.38. The zero-order valence-corrected chi connectivity index (χ0v) is 7.85. The van der Waals surface area contributed by atoms with Crippen molar-refractivity contribution >= 4 is 11.9 Å². The van der Waals surface area contributed by atoms with Gasteiger partial charge in [-0.15, -0.1) is 0 Å². The quantitative estimate of drug-likeness (QED) is 0.603. The number of carboxylic acid groups (broad SMARTS) is 2. The smallest absolute Gasteiger partial charge is 0.307 e. The Hall–Kier alpha value is -1.10. The van der Waals surface area contributed by atoms with Gasteiger partial charge in [-0.2, -0.15) is 0 Å². The first kappa shape index (κ1) is 11.0. The summed E-state index contributed by atoms with van der Waals surface area (Å²) in [6.07, 6.45) is 1.54. The second-order valence-corrected chi connectivity index (χ2v) is 3.80. The lowest BCUT2D eigenvalue weighted by Gasteiger charge is -2.30. The second kappa shape index (κ2) is 4.41. The number of hydrogen-bond donors (Lipinski definition) is 3. The fourth-order valence-corrected chi connectivity index (χ4v) is 2.04. The van der Waals surface area contributed by atoms with E-state index in [1.165, 1.54) is 0 Å². The monoisotopic (exact) mass is 201 g/mol. The molecule has 0 aromatic heterocycles. The third kappa shape index (κ3) is 2.23. The van der Waals surface area contributed by atoms with Crippen LogP contribution in [0.1, 0.15) is 19.3 Å². The first-order chi connectivity index (χ1) is 6.56. The van der Waals surface area contributed by atoms with Gasteiger partial charge in [0.05, 0.1) is 11.8 Å². The number of hydrogen-bond acceptors (Lipinski definition) is 3. The van der Waals surface area contributed by atoms with Crippen LogP contribution in [0.15, 0.2) is 0 Å². The van der Waals surface area contributed by atoms with Crippen LogP contribution in [0.3, 0.4) is 0 Å². The maximum atomic E-state index is 10.8. The Balaban J connectivity index is 2.70. The second-order valence-electron chi connectivity index (χ2n) is 3.80. The molecule has 0 spiro atoms. The molecule has 0 unspecified atom stereocenters. The van der Waals surface area contributed by atoms with E-state index in [0.29, 0.717) is 19.4 Å². The van der Waals surface area contributed by atoms with Gasteiger partial charge in [0, 0.05) is 0 Å². The summed E-state index contributed by atoms with van der Waals surface area (Å²) >= 11 is 0. The average Bonchev–Trinajstić information content (AvgIpc) is 2.16. The Morgan fingerprint density at radius 2 is 1.71 bits per heavy atom. The van der Waals surface area contributed by atoms with Crippen LogP contribution in [0.25, 0.3) is 0 Å². The molecule has 80 valence electrons. The minimum atomic E-state index is -1.02. The highest BCUT2D eigenvalue weighted by atomic mass is 16.4. The zero-order valence-electron chi connectivity index (χ0n) is 7.85. The van der Waals surface area contributed by atoms with Crippen molar-refractivity contribution in [3.05, 3.63) is 0 Å². The molecule has 5 nitrogen and oxygen atoms in total. The van der Waals surface area contributed by atoms with Crippen LogP contribution < -0.4 is 5.73 Å². The predicted molar refractivity (Wildman–Crippen MR) is 48.6 cm³/mol. The van der Waals surface area contributed by atoms with Gasteiger partial charge in [-0.1, -0.05) is 0 Å². The summed E-state index contributed by atoms with van der Waals surface area (Å²) in [6.45, 7) is 0.441. The Kier molecular flexibility index (Phi) is 3.46. The molecule has 1 aliphatic carbocycles. The predicted octanol–water partition coefficient (Wildman–Crippen LogP) is 0.147. The van der Waals surface area contributed by atoms with E-state index in [4.69, 9.17) is 15.9 Å². The minimum Gasteiger partial charge on any atom is -0.481 e. The molecule has 1 rings (SSSR count). The maximum absolute atomic E-state index is 10.8. The number of rotatable bonds is 3. The van der Waals surface area contributed by atoms with Crippen molar-refractivity contribution in [2.45, 2.75) is 19.3 Å². The summed E-state index contributed by atoms with van der Waals surface area (Å²) < 4.78 is 0. The normalized spacial score (nSPS) is 32.5. The van der Waals surface area contributed by atoms with Crippen LogP contribution in [0.2, 0.25) is 0 Å². The van der Waals surface area contributed by atoms with Crippen molar-refractivity contribution in [3.8, 4) is 0 Å². The Bertz CT molecular complexity index is 241.